The quantitative estimate of drug-likeness (QED) is 0.155. The van der Waals surface area contributed by atoms with Gasteiger partial charge in [0.1, 0.15) is 5.75 Å². The first-order valence-corrected chi connectivity index (χ1v) is 19.7. The fraction of sp³-hybridized carbons (Fsp3) is 0.439. The zero-order chi connectivity index (χ0) is 41.8. The largest absolute Gasteiger partial charge is 0.496 e. The average molecular weight is 818 g/mol. The van der Waals surface area contributed by atoms with Crippen molar-refractivity contribution in [3.05, 3.63) is 77.7 Å². The number of carboxylic acid groups (broad SMARTS) is 1. The second-order valence-electron chi connectivity index (χ2n) is 15.3. The van der Waals surface area contributed by atoms with Gasteiger partial charge in [-0.05, 0) is 99.4 Å². The number of carbonyl (C=O) groups is 4. The SMILES string of the molecule is COc1cc2nn(C3CCC(CCN4CCN(c5ccc(C6CCC(=O)NC6=O)c(C)c5)CC4)CC3)cc2cc1C(=O)Nc1cnc2cccnn12.O=C(O)C(F)(F)F. The first-order chi connectivity index (χ1) is 28.3. The molecule has 1 atom stereocenters. The lowest BCUT2D eigenvalue weighted by molar-refractivity contribution is -0.192. The van der Waals surface area contributed by atoms with E-state index in [4.69, 9.17) is 19.7 Å². The van der Waals surface area contributed by atoms with Gasteiger partial charge in [-0.15, -0.1) is 0 Å². The van der Waals surface area contributed by atoms with Crippen LogP contribution in [0.5, 0.6) is 5.75 Å². The van der Waals surface area contributed by atoms with Gasteiger partial charge in [-0.3, -0.25) is 29.3 Å². The second kappa shape index (κ2) is 17.4. The summed E-state index contributed by atoms with van der Waals surface area (Å²) < 4.78 is 41.0. The lowest BCUT2D eigenvalue weighted by Gasteiger charge is -2.37. The number of ether oxygens (including phenoxy) is 1. The number of aryl methyl sites for hydroxylation is 1. The summed E-state index contributed by atoms with van der Waals surface area (Å²) in [6.07, 6.45) is 6.96. The molecule has 0 bridgehead atoms. The van der Waals surface area contributed by atoms with E-state index < -0.39 is 12.1 Å². The molecule has 2 aromatic carbocycles. The Morgan fingerprint density at radius 2 is 1.76 bits per heavy atom. The van der Waals surface area contributed by atoms with Crippen LogP contribution in [0.2, 0.25) is 0 Å². The topological polar surface area (TPSA) is 176 Å². The summed E-state index contributed by atoms with van der Waals surface area (Å²) in [5.41, 5.74) is 5.24. The van der Waals surface area contributed by atoms with Crippen molar-refractivity contribution in [1.82, 2.24) is 34.6 Å². The predicted molar refractivity (Wildman–Crippen MR) is 211 cm³/mol. The molecule has 0 spiro atoms. The second-order valence-corrected chi connectivity index (χ2v) is 15.3. The third-order valence-electron chi connectivity index (χ3n) is 11.5. The van der Waals surface area contributed by atoms with Crippen LogP contribution in [0.15, 0.2) is 61.1 Å². The van der Waals surface area contributed by atoms with Gasteiger partial charge < -0.3 is 20.1 Å². The summed E-state index contributed by atoms with van der Waals surface area (Å²) in [5.74, 6) is -1.98. The molecule has 18 heteroatoms. The fourth-order valence-electron chi connectivity index (χ4n) is 8.23. The smallest absolute Gasteiger partial charge is 0.490 e. The van der Waals surface area contributed by atoms with E-state index >= 15 is 0 Å². The van der Waals surface area contributed by atoms with Gasteiger partial charge in [0.15, 0.2) is 11.5 Å². The number of amides is 3. The van der Waals surface area contributed by atoms with Crippen molar-refractivity contribution in [2.24, 2.45) is 5.92 Å². The molecule has 1 unspecified atom stereocenters. The number of methoxy groups -OCH3 is 1. The minimum Gasteiger partial charge on any atom is -0.496 e. The highest BCUT2D eigenvalue weighted by atomic mass is 19.4. The maximum atomic E-state index is 13.4. The highest BCUT2D eigenvalue weighted by molar-refractivity contribution is 6.08. The Labute approximate surface area is 337 Å². The summed E-state index contributed by atoms with van der Waals surface area (Å²) >= 11 is 0. The molecule has 59 heavy (non-hydrogen) atoms. The Kier molecular flexibility index (Phi) is 12.2. The summed E-state index contributed by atoms with van der Waals surface area (Å²) in [7, 11) is 1.57. The number of piperazine rings is 1. The van der Waals surface area contributed by atoms with Gasteiger partial charge in [0.2, 0.25) is 11.8 Å². The van der Waals surface area contributed by atoms with Crippen molar-refractivity contribution in [2.75, 3.05) is 50.1 Å². The van der Waals surface area contributed by atoms with Crippen LogP contribution in [0, 0.1) is 12.8 Å². The van der Waals surface area contributed by atoms with E-state index in [-0.39, 0.29) is 23.6 Å². The lowest BCUT2D eigenvalue weighted by atomic mass is 9.84. The fourth-order valence-corrected chi connectivity index (χ4v) is 8.23. The number of imidazole rings is 1. The Morgan fingerprint density at radius 1 is 1.02 bits per heavy atom. The summed E-state index contributed by atoms with van der Waals surface area (Å²) in [4.78, 5) is 55.6. The van der Waals surface area contributed by atoms with E-state index in [2.05, 4.69) is 66.5 Å². The van der Waals surface area contributed by atoms with Crippen LogP contribution in [-0.4, -0.2) is 104 Å². The van der Waals surface area contributed by atoms with Crippen LogP contribution in [0.4, 0.5) is 24.7 Å². The molecule has 1 saturated carbocycles. The molecular formula is C41H46F3N9O6. The number of aliphatic carboxylic acids is 1. The third kappa shape index (κ3) is 9.48. The molecule has 3 fully saturated rings. The monoisotopic (exact) mass is 817 g/mol. The molecule has 5 aromatic rings. The number of fused-ring (bicyclic) bond motifs is 2. The van der Waals surface area contributed by atoms with E-state index in [1.807, 2.05) is 18.2 Å². The number of anilines is 2. The molecule has 5 heterocycles. The van der Waals surface area contributed by atoms with Gasteiger partial charge in [-0.2, -0.15) is 27.9 Å². The number of carboxylic acids is 1. The van der Waals surface area contributed by atoms with Gasteiger partial charge in [0.05, 0.1) is 36.3 Å². The van der Waals surface area contributed by atoms with Crippen LogP contribution in [0.3, 0.4) is 0 Å². The normalized spacial score (nSPS) is 20.2. The van der Waals surface area contributed by atoms with E-state index in [1.165, 1.54) is 24.9 Å². The Balaban J connectivity index is 0.000000694. The highest BCUT2D eigenvalue weighted by Crippen LogP contribution is 2.36. The van der Waals surface area contributed by atoms with Crippen molar-refractivity contribution < 1.29 is 42.2 Å². The van der Waals surface area contributed by atoms with Crippen LogP contribution >= 0.6 is 0 Å². The summed E-state index contributed by atoms with van der Waals surface area (Å²) in [5, 5.41) is 22.6. The molecule has 3 amide bonds. The summed E-state index contributed by atoms with van der Waals surface area (Å²) in [6, 6.07) is 14.1. The average Bonchev–Trinajstić information content (AvgIpc) is 3.84. The zero-order valence-electron chi connectivity index (χ0n) is 32.7. The third-order valence-corrected chi connectivity index (χ3v) is 11.5. The van der Waals surface area contributed by atoms with Gasteiger partial charge in [0, 0.05) is 62.1 Å². The minimum absolute atomic E-state index is 0.176. The number of rotatable bonds is 9. The first kappa shape index (κ1) is 41.1. The van der Waals surface area contributed by atoms with Crippen LogP contribution in [0.25, 0.3) is 16.6 Å². The summed E-state index contributed by atoms with van der Waals surface area (Å²) in [6.45, 7) is 7.26. The lowest BCUT2D eigenvalue weighted by Crippen LogP contribution is -2.47. The number of hydrogen-bond acceptors (Lipinski definition) is 10. The number of carbonyl (C=O) groups excluding carboxylic acids is 3. The van der Waals surface area contributed by atoms with Gasteiger partial charge in [0.25, 0.3) is 5.91 Å². The predicted octanol–water partition coefficient (Wildman–Crippen LogP) is 5.75. The van der Waals surface area contributed by atoms with Crippen molar-refractivity contribution in [3.8, 4) is 5.75 Å². The number of nitrogens with zero attached hydrogens (tertiary/aromatic N) is 7. The standard InChI is InChI=1S/C39H45N9O4.C2HF3O2/c1-25-20-29(9-10-30(25)31-11-12-37(49)43-38(31)50)46-18-16-45(17-19-46)15-13-26-5-7-28(8-6-26)47-24-27-21-32(34(52-2)22-33(27)44-47)39(51)42-36-23-40-35-4-3-14-41-48(35)36;3-2(4,5)1(6)7/h3-4,9-10,14,20-24,26,28,31H,5-8,11-13,15-19H2,1-2H3,(H,42,51)(H,43,49,50);(H,6,7). The molecular weight excluding hydrogens is 772 g/mol. The highest BCUT2D eigenvalue weighted by Gasteiger charge is 2.38. The maximum absolute atomic E-state index is 13.4. The molecule has 1 aliphatic carbocycles. The van der Waals surface area contributed by atoms with Gasteiger partial charge in [-0.25, -0.2) is 9.78 Å². The molecule has 3 N–H and O–H groups in total. The number of aromatic nitrogens is 5. The number of alkyl halides is 3. The number of halogens is 3. The molecule has 3 aliphatic rings. The Hall–Kier alpha value is -6.04. The molecule has 2 saturated heterocycles. The Bertz CT molecular complexity index is 2350. The molecule has 312 valence electrons. The first-order valence-electron chi connectivity index (χ1n) is 19.7. The number of imide groups is 1. The molecule has 2 aliphatic heterocycles. The number of nitrogens with one attached hydrogen (secondary N) is 2. The van der Waals surface area contributed by atoms with Crippen LogP contribution in [0.1, 0.15) is 78.4 Å². The van der Waals surface area contributed by atoms with Crippen LogP contribution in [-0.2, 0) is 14.4 Å². The van der Waals surface area contributed by atoms with E-state index in [0.29, 0.717) is 47.6 Å². The van der Waals surface area contributed by atoms with Crippen molar-refractivity contribution >= 4 is 51.7 Å². The maximum Gasteiger partial charge on any atom is 0.490 e. The Morgan fingerprint density at radius 3 is 2.44 bits per heavy atom. The molecule has 8 rings (SSSR count). The number of hydrogen-bond donors (Lipinski definition) is 3. The van der Waals surface area contributed by atoms with Gasteiger partial charge in [-0.1, -0.05) is 6.07 Å². The number of piperidine rings is 1. The van der Waals surface area contributed by atoms with E-state index in [9.17, 15) is 27.6 Å². The van der Waals surface area contributed by atoms with E-state index in [0.717, 1.165) is 67.6 Å². The van der Waals surface area contributed by atoms with Crippen molar-refractivity contribution in [3.63, 3.8) is 0 Å². The van der Waals surface area contributed by atoms with Crippen molar-refractivity contribution in [2.45, 2.75) is 70.0 Å². The van der Waals surface area contributed by atoms with Crippen molar-refractivity contribution in [1.29, 1.82) is 0 Å². The molecule has 15 nitrogen and oxygen atoms in total. The van der Waals surface area contributed by atoms with Gasteiger partial charge >= 0.3 is 12.1 Å². The zero-order valence-corrected chi connectivity index (χ0v) is 32.7. The number of benzene rings is 2. The van der Waals surface area contributed by atoms with E-state index in [1.54, 1.807) is 30.1 Å². The molecule has 3 aromatic heterocycles. The minimum atomic E-state index is -5.08. The molecule has 0 radical (unpaired) electrons. The van der Waals surface area contributed by atoms with Crippen LogP contribution < -0.4 is 20.3 Å².